The zero-order valence-corrected chi connectivity index (χ0v) is 35.6. The van der Waals surface area contributed by atoms with Crippen LogP contribution in [0.2, 0.25) is 0 Å². The Morgan fingerprint density at radius 1 is 1.10 bits per heavy atom. The molecule has 0 spiro atoms. The summed E-state index contributed by atoms with van der Waals surface area (Å²) < 4.78 is 62.2. The summed E-state index contributed by atoms with van der Waals surface area (Å²) >= 11 is 1.10. The standard InChI is InChI=1S/C31H48N7O17P3S/c1-17(2)18-5-7-19(8-6-18)30(43)59-12-11-33-21(39)9-10-34-28(42)25(41)31(3,4)14-52-58(49,50)55-57(47,48)51-13-20-24(54-56(44,45)46)23(40)29(53-20)38-16-37-22-26(32)35-15-36-27(22)38/h7,15-16,18,20,23-25,29,40-41H,1,5-6,8-14H2,2-4H3,(H,33,39)(H,34,42)(H,47,48)(H,49,50)(H2,32,35,36)(H2,44,45,46). The average molecular weight is 916 g/mol. The van der Waals surface area contributed by atoms with Gasteiger partial charge in [-0.2, -0.15) is 4.31 Å². The quantitative estimate of drug-likeness (QED) is 0.0478. The molecular formula is C31H48N7O17P3S. The second-order valence-electron chi connectivity index (χ2n) is 14.3. The first-order chi connectivity index (χ1) is 27.4. The molecule has 3 heterocycles. The lowest BCUT2D eigenvalue weighted by Gasteiger charge is -2.30. The van der Waals surface area contributed by atoms with E-state index in [2.05, 4.69) is 41.0 Å². The van der Waals surface area contributed by atoms with E-state index in [0.29, 0.717) is 18.1 Å². The minimum Gasteiger partial charge on any atom is -0.386 e. The summed E-state index contributed by atoms with van der Waals surface area (Å²) in [6.07, 6.45) is -2.67. The van der Waals surface area contributed by atoms with Crippen LogP contribution in [0.1, 0.15) is 52.7 Å². The predicted octanol–water partition coefficient (Wildman–Crippen LogP) is 0.967. The molecule has 2 amide bonds. The molecule has 24 nitrogen and oxygen atoms in total. The van der Waals surface area contributed by atoms with Crippen molar-refractivity contribution < 1.29 is 80.5 Å². The van der Waals surface area contributed by atoms with Crippen molar-refractivity contribution in [2.24, 2.45) is 11.3 Å². The third-order valence-electron chi connectivity index (χ3n) is 9.10. The van der Waals surface area contributed by atoms with Gasteiger partial charge in [0.1, 0.15) is 36.3 Å². The molecule has 4 rings (SSSR count). The topological polar surface area (TPSA) is 364 Å². The van der Waals surface area contributed by atoms with Crippen LogP contribution < -0.4 is 16.4 Å². The number of nitrogens with two attached hydrogens (primary N) is 1. The monoisotopic (exact) mass is 915 g/mol. The molecule has 8 unspecified atom stereocenters. The molecule has 1 saturated heterocycles. The second kappa shape index (κ2) is 20.3. The number of thioether (sulfide) groups is 1. The summed E-state index contributed by atoms with van der Waals surface area (Å²) in [6.45, 7) is 6.43. The summed E-state index contributed by atoms with van der Waals surface area (Å²) in [7, 11) is -16.4. The number of anilines is 1. The van der Waals surface area contributed by atoms with E-state index in [9.17, 15) is 57.9 Å². The number of phosphoric acid groups is 3. The number of rotatable bonds is 21. The van der Waals surface area contributed by atoms with E-state index in [4.69, 9.17) is 19.5 Å². The van der Waals surface area contributed by atoms with E-state index in [-0.39, 0.29) is 41.6 Å². The molecule has 10 N–H and O–H groups in total. The Labute approximate surface area is 341 Å². The first-order valence-electron chi connectivity index (χ1n) is 17.8. The van der Waals surface area contributed by atoms with Gasteiger partial charge in [0.2, 0.25) is 16.9 Å². The van der Waals surface area contributed by atoms with Crippen molar-refractivity contribution in [2.75, 3.05) is 37.8 Å². The summed E-state index contributed by atoms with van der Waals surface area (Å²) in [4.78, 5) is 88.3. The summed E-state index contributed by atoms with van der Waals surface area (Å²) in [5.41, 5.74) is 6.11. The number of nitrogen functional groups attached to an aromatic ring is 1. The number of hydrogen-bond donors (Lipinski definition) is 9. The van der Waals surface area contributed by atoms with Crippen molar-refractivity contribution in [1.82, 2.24) is 30.2 Å². The zero-order valence-electron chi connectivity index (χ0n) is 32.1. The first-order valence-corrected chi connectivity index (χ1v) is 23.3. The lowest BCUT2D eigenvalue weighted by atomic mass is 9.86. The van der Waals surface area contributed by atoms with E-state index in [0.717, 1.165) is 53.0 Å². The highest BCUT2D eigenvalue weighted by Gasteiger charge is 2.50. The van der Waals surface area contributed by atoms with Crippen LogP contribution in [0.4, 0.5) is 5.82 Å². The van der Waals surface area contributed by atoms with Gasteiger partial charge in [-0.05, 0) is 32.1 Å². The Morgan fingerprint density at radius 2 is 1.80 bits per heavy atom. The second-order valence-corrected chi connectivity index (χ2v) is 19.6. The smallest absolute Gasteiger partial charge is 0.386 e. The average Bonchev–Trinajstić information content (AvgIpc) is 3.71. The maximum Gasteiger partial charge on any atom is 0.481 e. The van der Waals surface area contributed by atoms with Crippen molar-refractivity contribution in [3.8, 4) is 0 Å². The van der Waals surface area contributed by atoms with Gasteiger partial charge in [-0.3, -0.25) is 32.5 Å². The molecule has 0 bridgehead atoms. The fourth-order valence-corrected chi connectivity index (χ4v) is 9.42. The Kier molecular flexibility index (Phi) is 16.7. The highest BCUT2D eigenvalue weighted by atomic mass is 32.2. The van der Waals surface area contributed by atoms with Gasteiger partial charge in [0, 0.05) is 36.3 Å². The van der Waals surface area contributed by atoms with Crippen molar-refractivity contribution in [2.45, 2.75) is 77.1 Å². The molecule has 1 aliphatic carbocycles. The largest absolute Gasteiger partial charge is 0.481 e. The van der Waals surface area contributed by atoms with E-state index in [1.54, 1.807) is 0 Å². The predicted molar refractivity (Wildman–Crippen MR) is 207 cm³/mol. The van der Waals surface area contributed by atoms with Gasteiger partial charge in [0.15, 0.2) is 17.7 Å². The Bertz CT molecular complexity index is 2050. The number of aromatic nitrogens is 4. The summed E-state index contributed by atoms with van der Waals surface area (Å²) in [5.74, 6) is -0.735. The van der Waals surface area contributed by atoms with E-state index in [1.165, 1.54) is 13.8 Å². The van der Waals surface area contributed by atoms with Crippen LogP contribution in [-0.2, 0) is 50.7 Å². The molecule has 2 aromatic heterocycles. The van der Waals surface area contributed by atoms with Gasteiger partial charge < -0.3 is 50.9 Å². The van der Waals surface area contributed by atoms with E-state index < -0.39 is 84.6 Å². The number of nitrogens with one attached hydrogen (secondary N) is 2. The lowest BCUT2D eigenvalue weighted by molar-refractivity contribution is -0.137. The first kappa shape index (κ1) is 48.7. The maximum atomic E-state index is 12.7. The number of hydrogen-bond acceptors (Lipinski definition) is 18. The van der Waals surface area contributed by atoms with Crippen molar-refractivity contribution >= 4 is 69.1 Å². The molecule has 0 radical (unpaired) electrons. The van der Waals surface area contributed by atoms with Gasteiger partial charge >= 0.3 is 23.5 Å². The molecule has 330 valence electrons. The number of amides is 2. The molecule has 2 aliphatic rings. The van der Waals surface area contributed by atoms with Crippen LogP contribution in [0.3, 0.4) is 0 Å². The SMILES string of the molecule is C=C(C)C1CC=C(C(=O)SCCNC(=O)CCNC(=O)C(O)C(C)(C)COP(=O)(O)OP(=O)(O)OCC2OC(n3cnc4c(N)ncnc43)C(O)C2OP(=O)(O)O)CC1. The lowest BCUT2D eigenvalue weighted by Crippen LogP contribution is -2.46. The highest BCUT2D eigenvalue weighted by molar-refractivity contribution is 8.14. The number of aliphatic hydroxyl groups excluding tert-OH is 2. The fraction of sp³-hybridized carbons (Fsp3) is 0.613. The van der Waals surface area contributed by atoms with Crippen molar-refractivity contribution in [3.63, 3.8) is 0 Å². The molecule has 8 atom stereocenters. The molecule has 2 aromatic rings. The molecule has 1 aliphatic heterocycles. The number of allylic oxidation sites excluding steroid dienone is 2. The van der Waals surface area contributed by atoms with E-state index >= 15 is 0 Å². The van der Waals surface area contributed by atoms with Crippen LogP contribution in [0.5, 0.6) is 0 Å². The molecule has 0 saturated carbocycles. The minimum atomic E-state index is -5.57. The Balaban J connectivity index is 1.21. The number of carbonyl (C=O) groups is 3. The van der Waals surface area contributed by atoms with Gasteiger partial charge in [-0.15, -0.1) is 0 Å². The molecule has 28 heteroatoms. The molecule has 1 fully saturated rings. The third-order valence-corrected chi connectivity index (χ3v) is 13.1. The number of ether oxygens (including phenoxy) is 1. The zero-order chi connectivity index (χ0) is 43.9. The number of phosphoric ester groups is 3. The number of imidazole rings is 1. The van der Waals surface area contributed by atoms with Gasteiger partial charge in [0.25, 0.3) is 0 Å². The van der Waals surface area contributed by atoms with Crippen molar-refractivity contribution in [3.05, 3.63) is 36.5 Å². The van der Waals surface area contributed by atoms with Crippen LogP contribution in [-0.4, -0.2) is 123 Å². The fourth-order valence-electron chi connectivity index (χ4n) is 5.83. The Morgan fingerprint density at radius 3 is 2.44 bits per heavy atom. The number of fused-ring (bicyclic) bond motifs is 1. The maximum absolute atomic E-state index is 12.7. The third kappa shape index (κ3) is 14.0. The Hall–Kier alpha value is -2.96. The summed E-state index contributed by atoms with van der Waals surface area (Å²) in [6, 6.07) is 0. The molecular weight excluding hydrogens is 867 g/mol. The summed E-state index contributed by atoms with van der Waals surface area (Å²) in [5, 5.41) is 26.4. The van der Waals surface area contributed by atoms with Crippen LogP contribution >= 0.6 is 35.2 Å². The van der Waals surface area contributed by atoms with Crippen LogP contribution in [0, 0.1) is 11.3 Å². The number of aliphatic hydroxyl groups is 2. The van der Waals surface area contributed by atoms with E-state index in [1.807, 2.05) is 13.0 Å². The molecule has 59 heavy (non-hydrogen) atoms. The van der Waals surface area contributed by atoms with Crippen molar-refractivity contribution in [1.29, 1.82) is 0 Å². The number of carbonyl (C=O) groups excluding carboxylic acids is 3. The highest BCUT2D eigenvalue weighted by Crippen LogP contribution is 2.61. The van der Waals surface area contributed by atoms with Crippen LogP contribution in [0.25, 0.3) is 11.2 Å². The minimum absolute atomic E-state index is 0.0303. The normalized spacial score (nSPS) is 23.8. The number of nitrogens with zero attached hydrogens (tertiary/aromatic N) is 4. The molecule has 0 aromatic carbocycles. The van der Waals surface area contributed by atoms with Gasteiger partial charge in [-0.25, -0.2) is 28.6 Å². The van der Waals surface area contributed by atoms with Gasteiger partial charge in [-0.1, -0.05) is 43.8 Å². The van der Waals surface area contributed by atoms with Gasteiger partial charge in [0.05, 0.1) is 19.5 Å². The van der Waals surface area contributed by atoms with Crippen LogP contribution in [0.15, 0.2) is 36.5 Å².